The molecule has 0 spiro atoms. The van der Waals surface area contributed by atoms with Gasteiger partial charge >= 0.3 is 5.97 Å². The van der Waals surface area contributed by atoms with Crippen LogP contribution in [0.4, 0.5) is 0 Å². The van der Waals surface area contributed by atoms with E-state index in [0.717, 1.165) is 6.20 Å². The predicted octanol–water partition coefficient (Wildman–Crippen LogP) is -0.142. The number of rotatable bonds is 2. The topological polar surface area (TPSA) is 112 Å². The fourth-order valence-corrected chi connectivity index (χ4v) is 1.06. The fourth-order valence-electron chi connectivity index (χ4n) is 1.06. The van der Waals surface area contributed by atoms with Crippen molar-refractivity contribution in [3.63, 3.8) is 0 Å². The number of carboxylic acids is 1. The van der Waals surface area contributed by atoms with Gasteiger partial charge in [-0.25, -0.2) is 14.8 Å². The van der Waals surface area contributed by atoms with Gasteiger partial charge in [-0.3, -0.25) is 4.79 Å². The number of nitrogens with one attached hydrogen (secondary N) is 2. The monoisotopic (exact) mass is 206 g/mol. The summed E-state index contributed by atoms with van der Waals surface area (Å²) in [6, 6.07) is 0. The molecule has 0 aliphatic carbocycles. The largest absolute Gasteiger partial charge is 0.477 e. The lowest BCUT2D eigenvalue weighted by atomic mass is 10.3. The normalized spacial score (nSPS) is 10.1. The van der Waals surface area contributed by atoms with Gasteiger partial charge in [0, 0.05) is 18.6 Å². The van der Waals surface area contributed by atoms with Gasteiger partial charge in [-0.05, 0) is 0 Å². The van der Waals surface area contributed by atoms with Crippen molar-refractivity contribution in [1.82, 2.24) is 19.9 Å². The van der Waals surface area contributed by atoms with E-state index in [-0.39, 0.29) is 5.82 Å². The number of aromatic amines is 2. The van der Waals surface area contributed by atoms with Gasteiger partial charge in [-0.1, -0.05) is 0 Å². The minimum absolute atomic E-state index is 0.204. The number of aromatic nitrogens is 4. The van der Waals surface area contributed by atoms with Gasteiger partial charge in [-0.2, -0.15) is 0 Å². The van der Waals surface area contributed by atoms with Crippen molar-refractivity contribution in [2.75, 3.05) is 0 Å². The third-order valence-corrected chi connectivity index (χ3v) is 1.75. The maximum absolute atomic E-state index is 11.3. The molecular formula is C8H6N4O3. The molecule has 2 aromatic rings. The Bertz CT molecular complexity index is 543. The Morgan fingerprint density at radius 3 is 2.67 bits per heavy atom. The molecule has 0 radical (unpaired) electrons. The highest BCUT2D eigenvalue weighted by molar-refractivity contribution is 5.86. The Hall–Kier alpha value is -2.44. The molecular weight excluding hydrogens is 200 g/mol. The van der Waals surface area contributed by atoms with Gasteiger partial charge in [0.1, 0.15) is 5.56 Å². The summed E-state index contributed by atoms with van der Waals surface area (Å²) in [5, 5.41) is 8.60. The first-order valence-corrected chi connectivity index (χ1v) is 4.01. The first kappa shape index (κ1) is 9.13. The molecule has 76 valence electrons. The molecule has 0 atom stereocenters. The lowest BCUT2D eigenvalue weighted by Gasteiger charge is -1.96. The van der Waals surface area contributed by atoms with Crippen LogP contribution in [0.1, 0.15) is 10.4 Å². The number of hydrogen-bond acceptors (Lipinski definition) is 4. The highest BCUT2D eigenvalue weighted by Gasteiger charge is 2.11. The van der Waals surface area contributed by atoms with E-state index >= 15 is 0 Å². The maximum atomic E-state index is 11.3. The zero-order chi connectivity index (χ0) is 10.8. The summed E-state index contributed by atoms with van der Waals surface area (Å²) in [4.78, 5) is 34.5. The van der Waals surface area contributed by atoms with Crippen LogP contribution in [-0.4, -0.2) is 31.0 Å². The van der Waals surface area contributed by atoms with Crippen LogP contribution in [0.2, 0.25) is 0 Å². The first-order valence-electron chi connectivity index (χ1n) is 4.01. The van der Waals surface area contributed by atoms with Crippen LogP contribution in [0.3, 0.4) is 0 Å². The lowest BCUT2D eigenvalue weighted by molar-refractivity contribution is 0.0694. The fraction of sp³-hybridized carbons (Fsp3) is 0. The van der Waals surface area contributed by atoms with Crippen molar-refractivity contribution in [3.8, 4) is 11.6 Å². The number of carboxylic acid groups (broad SMARTS) is 1. The van der Waals surface area contributed by atoms with E-state index in [1.54, 1.807) is 6.20 Å². The molecule has 0 aromatic carbocycles. The minimum Gasteiger partial charge on any atom is -0.477 e. The summed E-state index contributed by atoms with van der Waals surface area (Å²) in [5.41, 5.74) is -1.10. The summed E-state index contributed by atoms with van der Waals surface area (Å²) < 4.78 is 0. The molecule has 0 aliphatic rings. The summed E-state index contributed by atoms with van der Waals surface area (Å²) >= 11 is 0. The molecule has 7 nitrogen and oxygen atoms in total. The summed E-state index contributed by atoms with van der Waals surface area (Å²) in [5.74, 6) is -0.728. The van der Waals surface area contributed by atoms with Gasteiger partial charge in [0.05, 0.1) is 0 Å². The molecule has 2 heterocycles. The number of carbonyl (C=O) groups is 1. The van der Waals surface area contributed by atoms with Crippen LogP contribution >= 0.6 is 0 Å². The van der Waals surface area contributed by atoms with Crippen LogP contribution in [0.15, 0.2) is 23.4 Å². The molecule has 7 heteroatoms. The van der Waals surface area contributed by atoms with Crippen molar-refractivity contribution >= 4 is 5.97 Å². The zero-order valence-electron chi connectivity index (χ0n) is 7.39. The lowest BCUT2D eigenvalue weighted by Crippen LogP contribution is -2.18. The van der Waals surface area contributed by atoms with E-state index in [0.29, 0.717) is 5.82 Å². The van der Waals surface area contributed by atoms with Gasteiger partial charge < -0.3 is 15.1 Å². The summed E-state index contributed by atoms with van der Waals surface area (Å²) in [6.07, 6.45) is 4.07. The molecule has 2 aromatic heterocycles. The third kappa shape index (κ3) is 1.62. The second-order valence-electron chi connectivity index (χ2n) is 2.72. The van der Waals surface area contributed by atoms with E-state index in [1.807, 2.05) is 0 Å². The average molecular weight is 206 g/mol. The quantitative estimate of drug-likeness (QED) is 0.633. The van der Waals surface area contributed by atoms with Crippen molar-refractivity contribution < 1.29 is 9.90 Å². The van der Waals surface area contributed by atoms with E-state index in [2.05, 4.69) is 19.9 Å². The number of nitrogens with zero attached hydrogens (tertiary/aromatic N) is 2. The Morgan fingerprint density at radius 1 is 1.33 bits per heavy atom. The average Bonchev–Trinajstić information content (AvgIpc) is 2.69. The smallest absolute Gasteiger partial charge is 0.342 e. The van der Waals surface area contributed by atoms with Gasteiger partial charge in [-0.15, -0.1) is 0 Å². The molecule has 0 fully saturated rings. The molecule has 0 unspecified atom stereocenters. The van der Waals surface area contributed by atoms with Crippen LogP contribution in [0.5, 0.6) is 0 Å². The van der Waals surface area contributed by atoms with Gasteiger partial charge in [0.25, 0.3) is 5.56 Å². The van der Waals surface area contributed by atoms with Crippen LogP contribution in [0.25, 0.3) is 11.6 Å². The Balaban J connectivity index is 2.52. The molecule has 2 rings (SSSR count). The molecule has 0 aliphatic heterocycles. The van der Waals surface area contributed by atoms with Gasteiger partial charge in [0.15, 0.2) is 11.6 Å². The zero-order valence-corrected chi connectivity index (χ0v) is 7.39. The second kappa shape index (κ2) is 3.37. The third-order valence-electron chi connectivity index (χ3n) is 1.75. The van der Waals surface area contributed by atoms with E-state index in [4.69, 9.17) is 5.11 Å². The van der Waals surface area contributed by atoms with Crippen molar-refractivity contribution in [2.45, 2.75) is 0 Å². The van der Waals surface area contributed by atoms with Crippen LogP contribution < -0.4 is 5.56 Å². The minimum atomic E-state index is -1.31. The molecule has 0 saturated carbocycles. The second-order valence-corrected chi connectivity index (χ2v) is 2.72. The van der Waals surface area contributed by atoms with Gasteiger partial charge in [0.2, 0.25) is 0 Å². The van der Waals surface area contributed by atoms with Crippen molar-refractivity contribution in [3.05, 3.63) is 34.5 Å². The maximum Gasteiger partial charge on any atom is 0.342 e. The SMILES string of the molecule is O=C(O)c1cnc(-c2ncc[nH]2)[nH]c1=O. The summed E-state index contributed by atoms with van der Waals surface area (Å²) in [6.45, 7) is 0. The van der Waals surface area contributed by atoms with Crippen molar-refractivity contribution in [2.24, 2.45) is 0 Å². The Morgan fingerprint density at radius 2 is 2.13 bits per heavy atom. The Kier molecular flexibility index (Phi) is 2.05. The van der Waals surface area contributed by atoms with Crippen molar-refractivity contribution in [1.29, 1.82) is 0 Å². The number of H-pyrrole nitrogens is 2. The van der Waals surface area contributed by atoms with E-state index in [1.165, 1.54) is 6.20 Å². The molecule has 15 heavy (non-hydrogen) atoms. The van der Waals surface area contributed by atoms with E-state index < -0.39 is 17.1 Å². The number of hydrogen-bond donors (Lipinski definition) is 3. The Labute approximate surface area is 82.8 Å². The molecule has 3 N–H and O–H groups in total. The standard InChI is InChI=1S/C8H6N4O3/c13-7-4(8(14)15)3-11-6(12-7)5-9-1-2-10-5/h1-3H,(H,9,10)(H,14,15)(H,11,12,13). The van der Waals surface area contributed by atoms with Crippen LogP contribution in [-0.2, 0) is 0 Å². The predicted molar refractivity (Wildman–Crippen MR) is 49.4 cm³/mol. The van der Waals surface area contributed by atoms with E-state index in [9.17, 15) is 9.59 Å². The number of aromatic carboxylic acids is 1. The first-order chi connectivity index (χ1) is 7.18. The molecule has 0 bridgehead atoms. The highest BCUT2D eigenvalue weighted by Crippen LogP contribution is 2.04. The molecule has 0 saturated heterocycles. The van der Waals surface area contributed by atoms with Crippen LogP contribution in [0, 0.1) is 0 Å². The summed E-state index contributed by atoms with van der Waals surface area (Å²) in [7, 11) is 0. The highest BCUT2D eigenvalue weighted by atomic mass is 16.4. The number of imidazole rings is 1. The molecule has 0 amide bonds.